The number of hydrogen-bond acceptors (Lipinski definition) is 8. The molecule has 0 fully saturated rings. The van der Waals surface area contributed by atoms with E-state index in [4.69, 9.17) is 18.9 Å². The molecule has 2 aromatic carbocycles. The number of ether oxygens (including phenoxy) is 4. The van der Waals surface area contributed by atoms with Crippen LogP contribution < -0.4 is 0 Å². The Morgan fingerprint density at radius 3 is 1.33 bits per heavy atom. The highest BCUT2D eigenvalue weighted by atomic mass is 16.5. The second-order valence-corrected chi connectivity index (χ2v) is 10.6. The number of carbonyl (C=O) groups is 4. The molecule has 45 heavy (non-hydrogen) atoms. The molecule has 0 unspecified atom stereocenters. The summed E-state index contributed by atoms with van der Waals surface area (Å²) in [4.78, 5) is 57.0. The molecule has 2 aromatic heterocycles. The Hall–Kier alpha value is -5.12. The molecule has 0 saturated heterocycles. The van der Waals surface area contributed by atoms with Crippen LogP contribution in [0.1, 0.15) is 78.6 Å². The summed E-state index contributed by atoms with van der Waals surface area (Å²) >= 11 is 0. The number of methoxy groups -OCH3 is 2. The van der Waals surface area contributed by atoms with Gasteiger partial charge in [0, 0.05) is 30.7 Å². The number of benzene rings is 2. The predicted molar refractivity (Wildman–Crippen MR) is 166 cm³/mol. The number of carbonyl (C=O) groups excluding carboxylic acids is 4. The van der Waals surface area contributed by atoms with Gasteiger partial charge in [0.2, 0.25) is 0 Å². The molecule has 0 bridgehead atoms. The highest BCUT2D eigenvalue weighted by Gasteiger charge is 2.25. The van der Waals surface area contributed by atoms with E-state index >= 15 is 0 Å². The van der Waals surface area contributed by atoms with Crippen LogP contribution in [0.15, 0.2) is 60.7 Å². The first-order chi connectivity index (χ1) is 21.7. The Balaban J connectivity index is 1.65. The van der Waals surface area contributed by atoms with E-state index in [0.29, 0.717) is 35.4 Å². The Morgan fingerprint density at radius 2 is 0.978 bits per heavy atom. The monoisotopic (exact) mass is 614 g/mol. The van der Waals surface area contributed by atoms with Crippen molar-refractivity contribution >= 4 is 23.9 Å². The van der Waals surface area contributed by atoms with Gasteiger partial charge in [-0.3, -0.25) is 9.59 Å². The highest BCUT2D eigenvalue weighted by Crippen LogP contribution is 2.28. The van der Waals surface area contributed by atoms with Gasteiger partial charge >= 0.3 is 23.9 Å². The van der Waals surface area contributed by atoms with Gasteiger partial charge in [-0.15, -0.1) is 0 Å². The maximum absolute atomic E-state index is 13.2. The van der Waals surface area contributed by atoms with Gasteiger partial charge in [-0.05, 0) is 60.1 Å². The average molecular weight is 615 g/mol. The molecule has 0 aliphatic heterocycles. The zero-order chi connectivity index (χ0) is 32.3. The van der Waals surface area contributed by atoms with Crippen LogP contribution in [0.2, 0.25) is 0 Å². The van der Waals surface area contributed by atoms with Crippen LogP contribution >= 0.6 is 0 Å². The van der Waals surface area contributed by atoms with E-state index in [1.54, 1.807) is 13.8 Å². The summed E-state index contributed by atoms with van der Waals surface area (Å²) in [6, 6.07) is 18.7. The van der Waals surface area contributed by atoms with Gasteiger partial charge in [0.1, 0.15) is 24.6 Å². The number of aromatic nitrogens is 2. The molecule has 4 aromatic rings. The van der Waals surface area contributed by atoms with Crippen LogP contribution in [0.3, 0.4) is 0 Å². The van der Waals surface area contributed by atoms with Gasteiger partial charge in [0.25, 0.3) is 0 Å². The first-order valence-corrected chi connectivity index (χ1v) is 14.7. The molecule has 0 atom stereocenters. The summed E-state index contributed by atoms with van der Waals surface area (Å²) < 4.78 is 20.9. The second kappa shape index (κ2) is 15.6. The van der Waals surface area contributed by atoms with Crippen molar-refractivity contribution in [2.45, 2.75) is 59.2 Å². The van der Waals surface area contributed by atoms with Crippen LogP contribution in [0.25, 0.3) is 0 Å². The van der Waals surface area contributed by atoms with E-state index in [9.17, 15) is 19.2 Å². The van der Waals surface area contributed by atoms with E-state index in [0.717, 1.165) is 22.3 Å². The number of hydrogen-bond donors (Lipinski definition) is 2. The summed E-state index contributed by atoms with van der Waals surface area (Å²) in [5.74, 6) is -1.82. The maximum atomic E-state index is 13.2. The Bertz CT molecular complexity index is 1520. The average Bonchev–Trinajstić information content (AvgIpc) is 3.55. The summed E-state index contributed by atoms with van der Waals surface area (Å²) in [5.41, 5.74) is 6.47. The molecule has 0 amide bonds. The summed E-state index contributed by atoms with van der Waals surface area (Å²) in [6.45, 7) is 3.81. The molecule has 10 nitrogen and oxygen atoms in total. The van der Waals surface area contributed by atoms with Gasteiger partial charge < -0.3 is 28.9 Å². The first kappa shape index (κ1) is 32.8. The van der Waals surface area contributed by atoms with E-state index < -0.39 is 11.9 Å². The largest absolute Gasteiger partial charge is 0.469 e. The van der Waals surface area contributed by atoms with Crippen molar-refractivity contribution in [3.8, 4) is 0 Å². The summed E-state index contributed by atoms with van der Waals surface area (Å²) in [6.07, 6.45) is 1.11. The van der Waals surface area contributed by atoms with Crippen LogP contribution in [-0.4, -0.2) is 48.1 Å². The minimum Gasteiger partial charge on any atom is -0.469 e. The molecule has 0 aliphatic carbocycles. The molecule has 0 saturated carbocycles. The number of esters is 4. The molecule has 236 valence electrons. The predicted octanol–water partition coefficient (Wildman–Crippen LogP) is 5.48. The van der Waals surface area contributed by atoms with E-state index in [2.05, 4.69) is 9.97 Å². The number of nitrogens with one attached hydrogen (secondary N) is 2. The van der Waals surface area contributed by atoms with Gasteiger partial charge in [0.05, 0.1) is 14.2 Å². The first-order valence-electron chi connectivity index (χ1n) is 14.7. The highest BCUT2D eigenvalue weighted by molar-refractivity contribution is 5.91. The lowest BCUT2D eigenvalue weighted by Gasteiger charge is -2.08. The smallest absolute Gasteiger partial charge is 0.355 e. The standard InChI is InChI=1S/C35H38N2O8/c1-22-26(15-17-30(38)42-3)28(36-32(22)34(40)44-20-24-11-7-5-8-12-24)19-29-27(16-18-31(39)43-4)23(2)33(37-29)35(41)45-21-25-13-9-6-10-14-25/h5-14,36-37H,15-21H2,1-4H3. The normalized spacial score (nSPS) is 10.8. The lowest BCUT2D eigenvalue weighted by atomic mass is 9.98. The summed E-state index contributed by atoms with van der Waals surface area (Å²) in [7, 11) is 2.65. The van der Waals surface area contributed by atoms with Gasteiger partial charge in [0.15, 0.2) is 0 Å². The van der Waals surface area contributed by atoms with Crippen molar-refractivity contribution in [3.63, 3.8) is 0 Å². The third kappa shape index (κ3) is 8.50. The minimum atomic E-state index is -0.527. The van der Waals surface area contributed by atoms with Crippen LogP contribution in [0, 0.1) is 13.8 Å². The number of H-pyrrole nitrogens is 2. The van der Waals surface area contributed by atoms with Crippen LogP contribution in [-0.2, 0) is 61.0 Å². The molecular weight excluding hydrogens is 576 g/mol. The van der Waals surface area contributed by atoms with Crippen molar-refractivity contribution in [2.24, 2.45) is 0 Å². The molecule has 0 radical (unpaired) electrons. The van der Waals surface area contributed by atoms with Crippen molar-refractivity contribution in [1.29, 1.82) is 0 Å². The molecule has 4 rings (SSSR count). The molecule has 0 spiro atoms. The Morgan fingerprint density at radius 1 is 0.600 bits per heavy atom. The van der Waals surface area contributed by atoms with E-state index in [1.807, 2.05) is 60.7 Å². The fourth-order valence-corrected chi connectivity index (χ4v) is 5.21. The Labute approximate surface area is 262 Å². The fraction of sp³-hybridized carbons (Fsp3) is 0.314. The minimum absolute atomic E-state index is 0.104. The van der Waals surface area contributed by atoms with Crippen LogP contribution in [0.4, 0.5) is 0 Å². The third-order valence-corrected chi connectivity index (χ3v) is 7.74. The quantitative estimate of drug-likeness (QED) is 0.141. The third-order valence-electron chi connectivity index (χ3n) is 7.74. The zero-order valence-electron chi connectivity index (χ0n) is 26.0. The van der Waals surface area contributed by atoms with Crippen molar-refractivity contribution in [1.82, 2.24) is 9.97 Å². The van der Waals surface area contributed by atoms with Crippen LogP contribution in [0.5, 0.6) is 0 Å². The van der Waals surface area contributed by atoms with Gasteiger partial charge in [-0.1, -0.05) is 60.7 Å². The number of aromatic amines is 2. The number of rotatable bonds is 14. The van der Waals surface area contributed by atoms with Crippen molar-refractivity contribution in [3.05, 3.63) is 117 Å². The van der Waals surface area contributed by atoms with Crippen molar-refractivity contribution < 1.29 is 38.1 Å². The van der Waals surface area contributed by atoms with E-state index in [-0.39, 0.29) is 55.8 Å². The van der Waals surface area contributed by atoms with Gasteiger partial charge in [-0.25, -0.2) is 9.59 Å². The summed E-state index contributed by atoms with van der Waals surface area (Å²) in [5, 5.41) is 0. The second-order valence-electron chi connectivity index (χ2n) is 10.6. The lowest BCUT2D eigenvalue weighted by molar-refractivity contribution is -0.141. The lowest BCUT2D eigenvalue weighted by Crippen LogP contribution is -2.08. The maximum Gasteiger partial charge on any atom is 0.355 e. The fourth-order valence-electron chi connectivity index (χ4n) is 5.21. The SMILES string of the molecule is COC(=O)CCc1c(Cc2[nH]c(C(=O)OCc3ccccc3)c(C)c2CCC(=O)OC)[nH]c(C(=O)OCc2ccccc2)c1C. The molecule has 10 heteroatoms. The van der Waals surface area contributed by atoms with Crippen molar-refractivity contribution in [2.75, 3.05) is 14.2 Å². The molecular formula is C35H38N2O8. The van der Waals surface area contributed by atoms with Gasteiger partial charge in [-0.2, -0.15) is 0 Å². The molecule has 2 heterocycles. The molecule has 0 aliphatic rings. The zero-order valence-corrected chi connectivity index (χ0v) is 26.0. The Kier molecular flexibility index (Phi) is 11.3. The molecule has 2 N–H and O–H groups in total. The topological polar surface area (TPSA) is 137 Å². The van der Waals surface area contributed by atoms with E-state index in [1.165, 1.54) is 14.2 Å².